The minimum Gasteiger partial charge on any atom is -0.326 e. The van der Waals surface area contributed by atoms with Gasteiger partial charge in [-0.3, -0.25) is 24.1 Å². The van der Waals surface area contributed by atoms with Gasteiger partial charge in [0.1, 0.15) is 6.54 Å². The molecule has 1 aliphatic carbocycles. The number of fused-ring (bicyclic) bond motifs is 1. The van der Waals surface area contributed by atoms with E-state index in [-0.39, 0.29) is 42.0 Å². The molecule has 4 amide bonds. The summed E-state index contributed by atoms with van der Waals surface area (Å²) in [5.74, 6) is -1.96. The molecule has 1 aromatic rings. The van der Waals surface area contributed by atoms with E-state index >= 15 is 0 Å². The summed E-state index contributed by atoms with van der Waals surface area (Å²) in [5, 5.41) is 5.54. The normalized spacial score (nSPS) is 21.1. The van der Waals surface area contributed by atoms with Crippen molar-refractivity contribution in [2.45, 2.75) is 33.6 Å². The lowest BCUT2D eigenvalue weighted by atomic mass is 9.85. The first kappa shape index (κ1) is 19.8. The van der Waals surface area contributed by atoms with Crippen LogP contribution in [0, 0.1) is 24.7 Å². The third-order valence-electron chi connectivity index (χ3n) is 5.20. The molecule has 1 aliphatic heterocycles. The number of carbonyl (C=O) groups excluding carboxylic acids is 4. The standard InChI is InChI=1S/C21H25N3O4/c1-12(2)19(26)22-14-9-8-13(3)17(10-14)23-18(25)11-24-20(27)15-6-4-5-7-16(15)21(24)28/h4-5,8-10,12,15-16H,6-7,11H2,1-3H3,(H,22,26)(H,23,25). The van der Waals surface area contributed by atoms with Crippen LogP contribution in [0.2, 0.25) is 0 Å². The fourth-order valence-electron chi connectivity index (χ4n) is 3.48. The summed E-state index contributed by atoms with van der Waals surface area (Å²) in [4.78, 5) is 50.4. The minimum atomic E-state index is -0.441. The Hall–Kier alpha value is -2.96. The Labute approximate surface area is 164 Å². The zero-order chi connectivity index (χ0) is 20.4. The molecular formula is C21H25N3O4. The second-order valence-electron chi connectivity index (χ2n) is 7.64. The van der Waals surface area contributed by atoms with Gasteiger partial charge in [-0.05, 0) is 37.5 Å². The highest BCUT2D eigenvalue weighted by Crippen LogP contribution is 2.34. The molecule has 0 spiro atoms. The summed E-state index contributed by atoms with van der Waals surface area (Å²) in [6.07, 6.45) is 4.92. The van der Waals surface area contributed by atoms with Crippen molar-refractivity contribution < 1.29 is 19.2 Å². The van der Waals surface area contributed by atoms with Crippen LogP contribution in [0.1, 0.15) is 32.3 Å². The molecule has 1 fully saturated rings. The van der Waals surface area contributed by atoms with E-state index in [1.807, 2.05) is 19.1 Å². The number of amides is 4. The molecule has 0 radical (unpaired) electrons. The maximum absolute atomic E-state index is 12.5. The number of aryl methyl sites for hydroxylation is 1. The Bertz CT molecular complexity index is 833. The van der Waals surface area contributed by atoms with E-state index in [4.69, 9.17) is 0 Å². The first-order valence-electron chi connectivity index (χ1n) is 9.49. The van der Waals surface area contributed by atoms with Crippen molar-refractivity contribution in [1.82, 2.24) is 4.90 Å². The maximum Gasteiger partial charge on any atom is 0.244 e. The number of nitrogens with zero attached hydrogens (tertiary/aromatic N) is 1. The average molecular weight is 383 g/mol. The summed E-state index contributed by atoms with van der Waals surface area (Å²) < 4.78 is 0. The number of allylic oxidation sites excluding steroid dienone is 2. The van der Waals surface area contributed by atoms with Crippen molar-refractivity contribution in [2.24, 2.45) is 17.8 Å². The minimum absolute atomic E-state index is 0.120. The highest BCUT2D eigenvalue weighted by atomic mass is 16.2. The molecule has 3 rings (SSSR count). The van der Waals surface area contributed by atoms with Gasteiger partial charge in [-0.25, -0.2) is 0 Å². The largest absolute Gasteiger partial charge is 0.326 e. The predicted octanol–water partition coefficient (Wildman–Crippen LogP) is 2.48. The molecule has 7 heteroatoms. The van der Waals surface area contributed by atoms with E-state index < -0.39 is 5.91 Å². The molecule has 7 nitrogen and oxygen atoms in total. The molecule has 148 valence electrons. The number of imide groups is 1. The van der Waals surface area contributed by atoms with Gasteiger partial charge in [-0.15, -0.1) is 0 Å². The van der Waals surface area contributed by atoms with E-state index in [0.29, 0.717) is 24.2 Å². The number of likely N-dealkylation sites (tertiary alicyclic amines) is 1. The molecule has 1 heterocycles. The van der Waals surface area contributed by atoms with Crippen molar-refractivity contribution in [3.05, 3.63) is 35.9 Å². The van der Waals surface area contributed by atoms with Crippen LogP contribution in [0.5, 0.6) is 0 Å². The number of rotatable bonds is 5. The fourth-order valence-corrected chi connectivity index (χ4v) is 3.48. The lowest BCUT2D eigenvalue weighted by Crippen LogP contribution is -2.38. The van der Waals surface area contributed by atoms with Crippen LogP contribution in [-0.2, 0) is 19.2 Å². The predicted molar refractivity (Wildman–Crippen MR) is 105 cm³/mol. The number of benzene rings is 1. The molecular weight excluding hydrogens is 358 g/mol. The van der Waals surface area contributed by atoms with E-state index in [1.165, 1.54) is 0 Å². The van der Waals surface area contributed by atoms with Gasteiger partial charge in [0.25, 0.3) is 0 Å². The molecule has 2 aliphatic rings. The molecule has 1 aromatic carbocycles. The third kappa shape index (κ3) is 3.98. The lowest BCUT2D eigenvalue weighted by Gasteiger charge is -2.16. The Balaban J connectivity index is 1.67. The zero-order valence-electron chi connectivity index (χ0n) is 16.3. The van der Waals surface area contributed by atoms with E-state index in [1.54, 1.807) is 32.0 Å². The average Bonchev–Trinajstić information content (AvgIpc) is 2.89. The summed E-state index contributed by atoms with van der Waals surface area (Å²) in [6.45, 7) is 5.12. The second-order valence-corrected chi connectivity index (χ2v) is 7.64. The van der Waals surface area contributed by atoms with Gasteiger partial charge in [-0.1, -0.05) is 32.1 Å². The SMILES string of the molecule is Cc1ccc(NC(=O)C(C)C)cc1NC(=O)CN1C(=O)C2CC=CCC2C1=O. The molecule has 0 saturated carbocycles. The first-order valence-corrected chi connectivity index (χ1v) is 9.49. The van der Waals surface area contributed by atoms with Crippen LogP contribution in [0.15, 0.2) is 30.4 Å². The maximum atomic E-state index is 12.5. The summed E-state index contributed by atoms with van der Waals surface area (Å²) in [6, 6.07) is 5.22. The zero-order valence-corrected chi connectivity index (χ0v) is 16.3. The highest BCUT2D eigenvalue weighted by Gasteiger charge is 2.47. The van der Waals surface area contributed by atoms with Crippen LogP contribution in [0.4, 0.5) is 11.4 Å². The quantitative estimate of drug-likeness (QED) is 0.603. The number of hydrogen-bond donors (Lipinski definition) is 2. The van der Waals surface area contributed by atoms with Crippen molar-refractivity contribution in [3.8, 4) is 0 Å². The highest BCUT2D eigenvalue weighted by molar-refractivity contribution is 6.09. The van der Waals surface area contributed by atoms with Crippen LogP contribution < -0.4 is 10.6 Å². The Morgan fingerprint density at radius 2 is 1.68 bits per heavy atom. The Morgan fingerprint density at radius 1 is 1.07 bits per heavy atom. The van der Waals surface area contributed by atoms with Crippen molar-refractivity contribution >= 4 is 35.0 Å². The monoisotopic (exact) mass is 383 g/mol. The number of carbonyl (C=O) groups is 4. The number of nitrogens with one attached hydrogen (secondary N) is 2. The van der Waals surface area contributed by atoms with Gasteiger partial charge in [0.2, 0.25) is 23.6 Å². The van der Waals surface area contributed by atoms with Gasteiger partial charge >= 0.3 is 0 Å². The molecule has 2 atom stereocenters. The van der Waals surface area contributed by atoms with Crippen LogP contribution in [0.25, 0.3) is 0 Å². The molecule has 2 unspecified atom stereocenters. The van der Waals surface area contributed by atoms with E-state index in [9.17, 15) is 19.2 Å². The number of anilines is 2. The number of hydrogen-bond acceptors (Lipinski definition) is 4. The second kappa shape index (κ2) is 7.96. The van der Waals surface area contributed by atoms with Gasteiger partial charge < -0.3 is 10.6 Å². The summed E-state index contributed by atoms with van der Waals surface area (Å²) in [7, 11) is 0. The summed E-state index contributed by atoms with van der Waals surface area (Å²) in [5.41, 5.74) is 1.92. The van der Waals surface area contributed by atoms with Gasteiger partial charge in [0.15, 0.2) is 0 Å². The molecule has 2 N–H and O–H groups in total. The first-order chi connectivity index (χ1) is 13.3. The van der Waals surface area contributed by atoms with Crippen molar-refractivity contribution in [1.29, 1.82) is 0 Å². The van der Waals surface area contributed by atoms with Crippen LogP contribution in [0.3, 0.4) is 0 Å². The Kier molecular flexibility index (Phi) is 5.63. The summed E-state index contributed by atoms with van der Waals surface area (Å²) >= 11 is 0. The lowest BCUT2D eigenvalue weighted by molar-refractivity contribution is -0.142. The Morgan fingerprint density at radius 3 is 2.25 bits per heavy atom. The molecule has 0 bridgehead atoms. The smallest absolute Gasteiger partial charge is 0.244 e. The fraction of sp³-hybridized carbons (Fsp3) is 0.429. The molecule has 28 heavy (non-hydrogen) atoms. The molecule has 1 saturated heterocycles. The van der Waals surface area contributed by atoms with Crippen LogP contribution >= 0.6 is 0 Å². The van der Waals surface area contributed by atoms with E-state index in [2.05, 4.69) is 10.6 Å². The molecule has 0 aromatic heterocycles. The van der Waals surface area contributed by atoms with E-state index in [0.717, 1.165) is 10.5 Å². The van der Waals surface area contributed by atoms with Crippen molar-refractivity contribution in [3.63, 3.8) is 0 Å². The van der Waals surface area contributed by atoms with Crippen LogP contribution in [-0.4, -0.2) is 35.1 Å². The van der Waals surface area contributed by atoms with Gasteiger partial charge in [-0.2, -0.15) is 0 Å². The van der Waals surface area contributed by atoms with Gasteiger partial charge in [0.05, 0.1) is 11.8 Å². The third-order valence-corrected chi connectivity index (χ3v) is 5.20. The van der Waals surface area contributed by atoms with Crippen molar-refractivity contribution in [2.75, 3.05) is 17.2 Å². The topological polar surface area (TPSA) is 95.6 Å². The van der Waals surface area contributed by atoms with Gasteiger partial charge in [0, 0.05) is 17.3 Å².